The monoisotopic (exact) mass is 403 g/mol. The van der Waals surface area contributed by atoms with Crippen molar-refractivity contribution in [1.82, 2.24) is 14.9 Å². The number of hydrogen-bond donors (Lipinski definition) is 1. The molecular formula is C20H25N3O6. The van der Waals surface area contributed by atoms with Gasteiger partial charge in [-0.15, -0.1) is 0 Å². The molecule has 9 nitrogen and oxygen atoms in total. The average molecular weight is 403 g/mol. The zero-order valence-electron chi connectivity index (χ0n) is 17.1. The highest BCUT2D eigenvalue weighted by Crippen LogP contribution is 2.30. The lowest BCUT2D eigenvalue weighted by molar-refractivity contribution is -0.142. The normalized spacial score (nSPS) is 19.3. The van der Waals surface area contributed by atoms with E-state index in [1.807, 2.05) is 0 Å². The fraction of sp³-hybridized carbons (Fsp3) is 0.500. The third-order valence-corrected chi connectivity index (χ3v) is 4.43. The first-order valence-corrected chi connectivity index (χ1v) is 9.29. The largest absolute Gasteiger partial charge is 0.497 e. The second kappa shape index (κ2) is 7.73. The molecule has 1 saturated heterocycles. The molecule has 1 aromatic heterocycles. The first-order valence-electron chi connectivity index (χ1n) is 9.29. The Morgan fingerprint density at radius 3 is 2.59 bits per heavy atom. The molecule has 29 heavy (non-hydrogen) atoms. The third kappa shape index (κ3) is 4.67. The van der Waals surface area contributed by atoms with Gasteiger partial charge in [-0.25, -0.2) is 14.6 Å². The molecule has 1 aliphatic rings. The van der Waals surface area contributed by atoms with Crippen LogP contribution in [0.3, 0.4) is 0 Å². The van der Waals surface area contributed by atoms with E-state index in [0.29, 0.717) is 28.4 Å². The van der Waals surface area contributed by atoms with E-state index in [9.17, 15) is 14.7 Å². The fourth-order valence-corrected chi connectivity index (χ4v) is 3.20. The Bertz CT molecular complexity index is 940. The molecule has 1 N–H and O–H groups in total. The quantitative estimate of drug-likeness (QED) is 0.830. The summed E-state index contributed by atoms with van der Waals surface area (Å²) < 4.78 is 16.6. The van der Waals surface area contributed by atoms with Crippen molar-refractivity contribution >= 4 is 23.0 Å². The van der Waals surface area contributed by atoms with Crippen LogP contribution in [-0.2, 0) is 9.53 Å². The van der Waals surface area contributed by atoms with Gasteiger partial charge in [-0.3, -0.25) is 4.90 Å². The summed E-state index contributed by atoms with van der Waals surface area (Å²) in [5.74, 6) is 0.369. The zero-order valence-corrected chi connectivity index (χ0v) is 17.1. The molecule has 3 rings (SSSR count). The van der Waals surface area contributed by atoms with Crippen LogP contribution in [0.5, 0.6) is 11.6 Å². The Balaban J connectivity index is 1.87. The van der Waals surface area contributed by atoms with Crippen LogP contribution in [0.1, 0.15) is 33.0 Å². The van der Waals surface area contributed by atoms with E-state index in [0.717, 1.165) is 0 Å². The molecule has 1 fully saturated rings. The summed E-state index contributed by atoms with van der Waals surface area (Å²) in [7, 11) is 1.56. The number of carboxylic acids is 1. The summed E-state index contributed by atoms with van der Waals surface area (Å²) in [4.78, 5) is 34.1. The number of rotatable bonds is 4. The van der Waals surface area contributed by atoms with E-state index in [1.165, 1.54) is 4.90 Å². The molecule has 2 atom stereocenters. The molecule has 1 amide bonds. The number of amides is 1. The maximum absolute atomic E-state index is 12.5. The lowest BCUT2D eigenvalue weighted by Crippen LogP contribution is -2.43. The number of aromatic nitrogens is 2. The number of aryl methyl sites for hydroxylation is 1. The van der Waals surface area contributed by atoms with E-state index >= 15 is 0 Å². The van der Waals surface area contributed by atoms with Crippen molar-refractivity contribution < 1.29 is 28.9 Å². The summed E-state index contributed by atoms with van der Waals surface area (Å²) in [6, 6.07) is 4.33. The molecule has 1 aliphatic heterocycles. The summed E-state index contributed by atoms with van der Waals surface area (Å²) in [6.07, 6.45) is -1.10. The Morgan fingerprint density at radius 1 is 1.24 bits per heavy atom. The number of methoxy groups -OCH3 is 1. The van der Waals surface area contributed by atoms with Crippen LogP contribution in [0.2, 0.25) is 0 Å². The second-order valence-corrected chi connectivity index (χ2v) is 7.92. The molecule has 9 heteroatoms. The molecule has 156 valence electrons. The molecular weight excluding hydrogens is 378 g/mol. The highest BCUT2D eigenvalue weighted by molar-refractivity contribution is 5.85. The lowest BCUT2D eigenvalue weighted by Gasteiger charge is -2.26. The van der Waals surface area contributed by atoms with Crippen LogP contribution < -0.4 is 9.47 Å². The van der Waals surface area contributed by atoms with Crippen molar-refractivity contribution in [3.63, 3.8) is 0 Å². The van der Waals surface area contributed by atoms with E-state index < -0.39 is 29.8 Å². The first-order chi connectivity index (χ1) is 13.6. The van der Waals surface area contributed by atoms with Gasteiger partial charge in [0.25, 0.3) is 0 Å². The minimum Gasteiger partial charge on any atom is -0.497 e. The highest BCUT2D eigenvalue weighted by atomic mass is 16.6. The minimum atomic E-state index is -1.10. The van der Waals surface area contributed by atoms with E-state index in [-0.39, 0.29) is 13.0 Å². The van der Waals surface area contributed by atoms with Gasteiger partial charge in [0.05, 0.1) is 24.6 Å². The maximum atomic E-state index is 12.5. The van der Waals surface area contributed by atoms with E-state index in [2.05, 4.69) is 9.97 Å². The molecule has 2 aromatic rings. The van der Waals surface area contributed by atoms with Crippen LogP contribution in [0.15, 0.2) is 18.2 Å². The predicted octanol–water partition coefficient (Wildman–Crippen LogP) is 2.79. The van der Waals surface area contributed by atoms with Crippen LogP contribution in [0.25, 0.3) is 10.9 Å². The number of aliphatic carboxylic acids is 1. The van der Waals surface area contributed by atoms with Crippen molar-refractivity contribution in [3.8, 4) is 11.6 Å². The minimum absolute atomic E-state index is 0.0837. The summed E-state index contributed by atoms with van der Waals surface area (Å²) in [5, 5.41) is 10.2. The molecule has 0 aliphatic carbocycles. The number of carboxylic acid groups (broad SMARTS) is 1. The number of carbonyl (C=O) groups excluding carboxylic acids is 1. The molecule has 0 saturated carbocycles. The molecule has 0 spiro atoms. The predicted molar refractivity (Wildman–Crippen MR) is 104 cm³/mol. The van der Waals surface area contributed by atoms with Gasteiger partial charge in [-0.05, 0) is 45.9 Å². The Kier molecular flexibility index (Phi) is 5.50. The van der Waals surface area contributed by atoms with Crippen molar-refractivity contribution in [2.24, 2.45) is 0 Å². The van der Waals surface area contributed by atoms with E-state index in [1.54, 1.807) is 53.0 Å². The van der Waals surface area contributed by atoms with Crippen LogP contribution in [0, 0.1) is 6.92 Å². The smallest absolute Gasteiger partial charge is 0.411 e. The fourth-order valence-electron chi connectivity index (χ4n) is 3.20. The third-order valence-electron chi connectivity index (χ3n) is 4.43. The standard InChI is InChI=1S/C20H25N3O6/c1-11-21-15-7-6-12(27-5)8-14(15)17(22-11)28-13-9-16(18(24)25)23(10-13)19(26)29-20(2,3)4/h6-8,13,16H,9-10H2,1-5H3,(H,24,25)/t13-,16?/m1/s1. The van der Waals surface area contributed by atoms with E-state index in [4.69, 9.17) is 14.2 Å². The molecule has 1 unspecified atom stereocenters. The number of nitrogens with zero attached hydrogens (tertiary/aromatic N) is 3. The van der Waals surface area contributed by atoms with Gasteiger partial charge in [0.15, 0.2) is 0 Å². The first kappa shape index (κ1) is 20.6. The van der Waals surface area contributed by atoms with Crippen molar-refractivity contribution in [1.29, 1.82) is 0 Å². The van der Waals surface area contributed by atoms with Crippen molar-refractivity contribution in [2.75, 3.05) is 13.7 Å². The van der Waals surface area contributed by atoms with Gasteiger partial charge in [-0.2, -0.15) is 4.98 Å². The molecule has 0 radical (unpaired) electrons. The molecule has 1 aromatic carbocycles. The van der Waals surface area contributed by atoms with Crippen LogP contribution >= 0.6 is 0 Å². The van der Waals surface area contributed by atoms with Crippen molar-refractivity contribution in [3.05, 3.63) is 24.0 Å². The summed E-state index contributed by atoms with van der Waals surface area (Å²) in [6.45, 7) is 7.02. The Morgan fingerprint density at radius 2 is 1.97 bits per heavy atom. The van der Waals surface area contributed by atoms with Gasteiger partial charge >= 0.3 is 12.1 Å². The Hall–Kier alpha value is -3.10. The Labute approximate surface area is 168 Å². The highest BCUT2D eigenvalue weighted by Gasteiger charge is 2.43. The zero-order chi connectivity index (χ0) is 21.3. The SMILES string of the molecule is COc1ccc2nc(C)nc(O[C@@H]3CC(C(=O)O)N(C(=O)OC(C)(C)C)C3)c2c1. The topological polar surface area (TPSA) is 111 Å². The van der Waals surface area contributed by atoms with Gasteiger partial charge in [0, 0.05) is 6.42 Å². The summed E-state index contributed by atoms with van der Waals surface area (Å²) in [5.41, 5.74) is -0.0413. The number of benzene rings is 1. The lowest BCUT2D eigenvalue weighted by atomic mass is 10.2. The van der Waals surface area contributed by atoms with Gasteiger partial charge in [0.2, 0.25) is 5.88 Å². The summed E-state index contributed by atoms with van der Waals surface area (Å²) >= 11 is 0. The van der Waals surface area contributed by atoms with Gasteiger partial charge < -0.3 is 19.3 Å². The van der Waals surface area contributed by atoms with Gasteiger partial charge in [0.1, 0.15) is 29.3 Å². The van der Waals surface area contributed by atoms with Crippen molar-refractivity contribution in [2.45, 2.75) is 51.9 Å². The molecule has 2 heterocycles. The number of carbonyl (C=O) groups is 2. The second-order valence-electron chi connectivity index (χ2n) is 7.92. The van der Waals surface area contributed by atoms with Crippen LogP contribution in [0.4, 0.5) is 4.79 Å². The maximum Gasteiger partial charge on any atom is 0.411 e. The van der Waals surface area contributed by atoms with Gasteiger partial charge in [-0.1, -0.05) is 0 Å². The number of fused-ring (bicyclic) bond motifs is 1. The molecule has 0 bridgehead atoms. The number of hydrogen-bond acceptors (Lipinski definition) is 7. The number of ether oxygens (including phenoxy) is 3. The average Bonchev–Trinajstić information content (AvgIpc) is 3.04. The van der Waals surface area contributed by atoms with Crippen LogP contribution in [-0.4, -0.2) is 63.4 Å². The number of likely N-dealkylation sites (tertiary alicyclic amines) is 1.